The van der Waals surface area contributed by atoms with Crippen molar-refractivity contribution in [2.24, 2.45) is 0 Å². The minimum Gasteiger partial charge on any atom is -0.480 e. The number of benzene rings is 3. The molecule has 3 fully saturated rings. The molecule has 3 aromatic rings. The Morgan fingerprint density at radius 2 is 1.40 bits per heavy atom. The van der Waals surface area contributed by atoms with E-state index in [1.165, 1.54) is 23.3 Å². The molecule has 2 heterocycles. The number of amides is 4. The van der Waals surface area contributed by atoms with E-state index >= 15 is 0 Å². The van der Waals surface area contributed by atoms with Crippen molar-refractivity contribution in [1.29, 1.82) is 0 Å². The Morgan fingerprint density at radius 1 is 0.800 bits per heavy atom. The molecule has 2 aliphatic heterocycles. The normalized spacial score (nSPS) is 21.7. The zero-order valence-electron chi connectivity index (χ0n) is 22.6. The van der Waals surface area contributed by atoms with Gasteiger partial charge in [-0.25, -0.2) is 14.4 Å². The summed E-state index contributed by atoms with van der Waals surface area (Å²) in [7, 11) is 1.76. The summed E-state index contributed by atoms with van der Waals surface area (Å²) < 4.78 is 0. The number of likely N-dealkylation sites (tertiary alicyclic amines) is 1. The van der Waals surface area contributed by atoms with Crippen molar-refractivity contribution in [3.63, 3.8) is 0 Å². The number of anilines is 2. The van der Waals surface area contributed by atoms with Crippen LogP contribution in [0.5, 0.6) is 0 Å². The Balaban J connectivity index is 1.24. The first kappa shape index (κ1) is 25.9. The minimum atomic E-state index is -1.14. The highest BCUT2D eigenvalue weighted by atomic mass is 16.4. The highest BCUT2D eigenvalue weighted by Crippen LogP contribution is 2.40. The van der Waals surface area contributed by atoms with Gasteiger partial charge in [0.1, 0.15) is 0 Å². The van der Waals surface area contributed by atoms with Crippen molar-refractivity contribution in [2.75, 3.05) is 18.5 Å². The van der Waals surface area contributed by atoms with Crippen LogP contribution in [0, 0.1) is 0 Å². The van der Waals surface area contributed by atoms with Crippen LogP contribution in [0.4, 0.5) is 21.0 Å². The van der Waals surface area contributed by atoms with E-state index in [1.807, 2.05) is 60.7 Å². The molecule has 0 unspecified atom stereocenters. The van der Waals surface area contributed by atoms with Crippen LogP contribution >= 0.6 is 0 Å². The van der Waals surface area contributed by atoms with E-state index < -0.39 is 24.1 Å². The van der Waals surface area contributed by atoms with Crippen molar-refractivity contribution in [3.05, 3.63) is 96.1 Å². The fourth-order valence-corrected chi connectivity index (χ4v) is 6.25. The lowest BCUT2D eigenvalue weighted by atomic mass is 10.0. The van der Waals surface area contributed by atoms with E-state index in [0.717, 1.165) is 5.56 Å². The minimum absolute atomic E-state index is 0.165. The standard InChI is InChI=1S/C32H34N4O4/c1-33(20-22-12-14-23(15-13-22)24-16-17-24)31(39)36-27-18-19-28(36)29(30(37)38)34(21-27)32(40)35(25-8-4-2-5-9-25)26-10-6-3-7-11-26/h2-15,24,27-29H,16-21H2,1H3,(H,37,38)/t27-,28+,29-/m0/s1. The second kappa shape index (κ2) is 10.7. The number of nitrogens with zero attached hydrogens (tertiary/aromatic N) is 4. The maximum atomic E-state index is 14.1. The van der Waals surface area contributed by atoms with Crippen molar-refractivity contribution < 1.29 is 19.5 Å². The lowest BCUT2D eigenvalue weighted by Gasteiger charge is -2.47. The van der Waals surface area contributed by atoms with Gasteiger partial charge in [0.25, 0.3) is 0 Å². The molecule has 2 bridgehead atoms. The summed E-state index contributed by atoms with van der Waals surface area (Å²) in [6.07, 6.45) is 3.69. The predicted octanol–water partition coefficient (Wildman–Crippen LogP) is 5.68. The molecule has 0 aromatic heterocycles. The molecule has 0 spiro atoms. The van der Waals surface area contributed by atoms with Crippen LogP contribution < -0.4 is 4.90 Å². The first-order chi connectivity index (χ1) is 19.4. The summed E-state index contributed by atoms with van der Waals surface area (Å²) in [4.78, 5) is 47.0. The predicted molar refractivity (Wildman–Crippen MR) is 152 cm³/mol. The van der Waals surface area contributed by atoms with Crippen LogP contribution in [0.3, 0.4) is 0 Å². The molecule has 40 heavy (non-hydrogen) atoms. The van der Waals surface area contributed by atoms with Gasteiger partial charge in [0.05, 0.1) is 23.5 Å². The fraction of sp³-hybridized carbons (Fsp3) is 0.344. The molecule has 3 aliphatic rings. The number of carboxylic acid groups (broad SMARTS) is 1. The zero-order valence-corrected chi connectivity index (χ0v) is 22.6. The number of hydrogen-bond acceptors (Lipinski definition) is 3. The third-order valence-electron chi connectivity index (χ3n) is 8.37. The topological polar surface area (TPSA) is 84.4 Å². The number of fused-ring (bicyclic) bond motifs is 2. The number of piperazine rings is 1. The SMILES string of the molecule is CN(Cc1ccc(C2CC2)cc1)C(=O)N1[C@H]2CC[C@@H]1[C@@H](C(=O)O)N(C(=O)N(c1ccccc1)c1ccccc1)C2. The molecule has 1 N–H and O–H groups in total. The first-order valence-electron chi connectivity index (χ1n) is 14.0. The third kappa shape index (κ3) is 4.90. The van der Waals surface area contributed by atoms with Crippen molar-refractivity contribution in [2.45, 2.75) is 56.3 Å². The van der Waals surface area contributed by atoms with E-state index in [4.69, 9.17) is 0 Å². The summed E-state index contributed by atoms with van der Waals surface area (Å²) in [6, 6.07) is 24.3. The number of para-hydroxylation sites is 2. The second-order valence-electron chi connectivity index (χ2n) is 11.1. The van der Waals surface area contributed by atoms with E-state index in [-0.39, 0.29) is 18.6 Å². The quantitative estimate of drug-likeness (QED) is 0.438. The van der Waals surface area contributed by atoms with Gasteiger partial charge in [-0.2, -0.15) is 0 Å². The highest BCUT2D eigenvalue weighted by molar-refractivity contribution is 6.01. The van der Waals surface area contributed by atoms with Crippen molar-refractivity contribution in [1.82, 2.24) is 14.7 Å². The molecular weight excluding hydrogens is 504 g/mol. The van der Waals surface area contributed by atoms with Crippen LogP contribution in [-0.2, 0) is 11.3 Å². The zero-order chi connectivity index (χ0) is 27.8. The van der Waals surface area contributed by atoms with Gasteiger partial charge < -0.3 is 19.8 Å². The number of carboxylic acids is 1. The van der Waals surface area contributed by atoms with Gasteiger partial charge in [0, 0.05) is 20.1 Å². The molecule has 6 rings (SSSR count). The van der Waals surface area contributed by atoms with E-state index in [0.29, 0.717) is 36.7 Å². The molecule has 8 heteroatoms. The molecule has 4 amide bonds. The summed E-state index contributed by atoms with van der Waals surface area (Å²) in [6.45, 7) is 0.605. The van der Waals surface area contributed by atoms with Gasteiger partial charge in [0.15, 0.2) is 6.04 Å². The number of urea groups is 2. The maximum Gasteiger partial charge on any atom is 0.329 e. The Bertz CT molecular complexity index is 1340. The average Bonchev–Trinajstić information content (AvgIpc) is 3.78. The van der Waals surface area contributed by atoms with Crippen molar-refractivity contribution >= 4 is 29.4 Å². The number of rotatable bonds is 6. The average molecular weight is 539 g/mol. The monoisotopic (exact) mass is 538 g/mol. The number of carbonyl (C=O) groups excluding carboxylic acids is 2. The number of hydrogen-bond donors (Lipinski definition) is 1. The Labute approximate surface area is 234 Å². The smallest absolute Gasteiger partial charge is 0.329 e. The molecule has 3 aromatic carbocycles. The van der Waals surface area contributed by atoms with Crippen molar-refractivity contribution in [3.8, 4) is 0 Å². The van der Waals surface area contributed by atoms with Gasteiger partial charge in [-0.3, -0.25) is 4.90 Å². The Kier molecular flexibility index (Phi) is 6.92. The summed E-state index contributed by atoms with van der Waals surface area (Å²) in [5.74, 6) is -0.424. The number of carbonyl (C=O) groups is 3. The van der Waals surface area contributed by atoms with Crippen LogP contribution in [-0.4, -0.2) is 69.6 Å². The first-order valence-corrected chi connectivity index (χ1v) is 14.0. The van der Waals surface area contributed by atoms with Gasteiger partial charge in [0.2, 0.25) is 0 Å². The van der Waals surface area contributed by atoms with Crippen LogP contribution in [0.15, 0.2) is 84.9 Å². The van der Waals surface area contributed by atoms with Crippen LogP contribution in [0.1, 0.15) is 42.7 Å². The van der Waals surface area contributed by atoms with E-state index in [1.54, 1.807) is 21.7 Å². The molecule has 8 nitrogen and oxygen atoms in total. The third-order valence-corrected chi connectivity index (χ3v) is 8.37. The van der Waals surface area contributed by atoms with Crippen LogP contribution in [0.25, 0.3) is 0 Å². The molecule has 2 saturated heterocycles. The fourth-order valence-electron chi connectivity index (χ4n) is 6.25. The Hall–Kier alpha value is -4.33. The molecule has 1 saturated carbocycles. The van der Waals surface area contributed by atoms with Crippen LogP contribution in [0.2, 0.25) is 0 Å². The second-order valence-corrected chi connectivity index (χ2v) is 11.1. The molecular formula is C32H34N4O4. The maximum absolute atomic E-state index is 14.1. The van der Waals surface area contributed by atoms with E-state index in [2.05, 4.69) is 24.3 Å². The molecule has 0 radical (unpaired) electrons. The number of aliphatic carboxylic acids is 1. The van der Waals surface area contributed by atoms with Gasteiger partial charge in [-0.1, -0.05) is 60.7 Å². The summed E-state index contributed by atoms with van der Waals surface area (Å²) in [5, 5.41) is 10.4. The summed E-state index contributed by atoms with van der Waals surface area (Å²) >= 11 is 0. The van der Waals surface area contributed by atoms with E-state index in [9.17, 15) is 19.5 Å². The highest BCUT2D eigenvalue weighted by Gasteiger charge is 2.54. The van der Waals surface area contributed by atoms with Gasteiger partial charge >= 0.3 is 18.0 Å². The lowest BCUT2D eigenvalue weighted by molar-refractivity contribution is -0.145. The van der Waals surface area contributed by atoms with Gasteiger partial charge in [-0.15, -0.1) is 0 Å². The molecule has 3 atom stereocenters. The lowest BCUT2D eigenvalue weighted by Crippen LogP contribution is -2.67. The summed E-state index contributed by atoms with van der Waals surface area (Å²) in [5.41, 5.74) is 3.70. The Morgan fingerprint density at radius 3 is 1.95 bits per heavy atom. The molecule has 1 aliphatic carbocycles. The largest absolute Gasteiger partial charge is 0.480 e. The van der Waals surface area contributed by atoms with Gasteiger partial charge in [-0.05, 0) is 67.0 Å². The molecule has 206 valence electrons.